The van der Waals surface area contributed by atoms with E-state index in [-0.39, 0.29) is 36.6 Å². The number of benzene rings is 4. The first-order valence-electron chi connectivity index (χ1n) is 17.8. The Kier molecular flexibility index (Phi) is 7.77. The second kappa shape index (κ2) is 12.1. The lowest BCUT2D eigenvalue weighted by atomic mass is 9.56. The molecule has 3 spiro atoms. The van der Waals surface area contributed by atoms with E-state index < -0.39 is 28.3 Å². The van der Waals surface area contributed by atoms with Crippen molar-refractivity contribution in [2.24, 2.45) is 11.3 Å². The fourth-order valence-electron chi connectivity index (χ4n) is 10.4. The molecule has 0 radical (unpaired) electrons. The first-order valence-corrected chi connectivity index (χ1v) is 18.6. The van der Waals surface area contributed by atoms with Gasteiger partial charge in [-0.3, -0.25) is 29.0 Å². The number of likely N-dealkylation sites (tertiary alicyclic amines) is 3. The van der Waals surface area contributed by atoms with Crippen LogP contribution in [0.4, 0.5) is 11.4 Å². The van der Waals surface area contributed by atoms with E-state index in [1.165, 1.54) is 0 Å². The molecule has 4 aromatic rings. The molecule has 5 aliphatic rings. The van der Waals surface area contributed by atoms with Crippen molar-refractivity contribution >= 4 is 64.2 Å². The van der Waals surface area contributed by atoms with Crippen LogP contribution in [0.2, 0.25) is 10.0 Å². The maximum absolute atomic E-state index is 15.9. The zero-order valence-corrected chi connectivity index (χ0v) is 30.7. The molecular formula is C42H37Cl2N5O4. The summed E-state index contributed by atoms with van der Waals surface area (Å²) >= 11 is 13.7. The minimum atomic E-state index is -1.54. The van der Waals surface area contributed by atoms with Gasteiger partial charge >= 0.3 is 0 Å². The summed E-state index contributed by atoms with van der Waals surface area (Å²) in [5.41, 5.74) is 0.121. The Morgan fingerprint density at radius 3 is 2.13 bits per heavy atom. The number of fused-ring (bicyclic) bond motifs is 5. The molecule has 5 atom stereocenters. The van der Waals surface area contributed by atoms with Gasteiger partial charge in [0.05, 0.1) is 11.3 Å². The van der Waals surface area contributed by atoms with E-state index in [1.807, 2.05) is 109 Å². The molecule has 53 heavy (non-hydrogen) atoms. The number of carbonyl (C=O) groups is 4. The average molecular weight is 747 g/mol. The minimum absolute atomic E-state index is 0.0253. The first-order chi connectivity index (χ1) is 25.6. The Morgan fingerprint density at radius 1 is 0.774 bits per heavy atom. The average Bonchev–Trinajstić information content (AvgIpc) is 3.84. The molecule has 9 nitrogen and oxygen atoms in total. The number of hydrogen-bond acceptors (Lipinski definition) is 6. The minimum Gasteiger partial charge on any atom is -0.337 e. The summed E-state index contributed by atoms with van der Waals surface area (Å²) in [5, 5.41) is 7.07. The summed E-state index contributed by atoms with van der Waals surface area (Å²) in [6.07, 6.45) is 2.19. The zero-order valence-electron chi connectivity index (χ0n) is 29.2. The van der Waals surface area contributed by atoms with E-state index in [4.69, 9.17) is 23.2 Å². The molecule has 0 aliphatic carbocycles. The van der Waals surface area contributed by atoms with Gasteiger partial charge in [-0.2, -0.15) is 0 Å². The van der Waals surface area contributed by atoms with Gasteiger partial charge in [0.15, 0.2) is 5.78 Å². The zero-order chi connectivity index (χ0) is 36.9. The first kappa shape index (κ1) is 34.0. The summed E-state index contributed by atoms with van der Waals surface area (Å²) in [5.74, 6) is -2.45. The van der Waals surface area contributed by atoms with Crippen molar-refractivity contribution in [2.75, 3.05) is 50.9 Å². The number of likely N-dealkylation sites (N-methyl/N-ethyl adjacent to an activating group) is 2. The molecule has 0 saturated carbocycles. The number of halogens is 2. The summed E-state index contributed by atoms with van der Waals surface area (Å²) in [6.45, 7) is 0.724. The number of amides is 3. The second-order valence-corrected chi connectivity index (χ2v) is 15.7. The lowest BCUT2D eigenvalue weighted by molar-refractivity contribution is -0.155. The molecule has 268 valence electrons. The van der Waals surface area contributed by atoms with Crippen LogP contribution in [0.25, 0.3) is 6.08 Å². The van der Waals surface area contributed by atoms with Gasteiger partial charge in [0.2, 0.25) is 11.8 Å². The van der Waals surface area contributed by atoms with Gasteiger partial charge < -0.3 is 15.5 Å². The van der Waals surface area contributed by atoms with Crippen molar-refractivity contribution in [1.82, 2.24) is 14.7 Å². The number of rotatable bonds is 3. The summed E-state index contributed by atoms with van der Waals surface area (Å²) in [4.78, 5) is 66.0. The highest BCUT2D eigenvalue weighted by Crippen LogP contribution is 2.65. The number of Topliss-reactive ketones (excluding diaryl/α,β-unsaturated/α-hetero) is 1. The van der Waals surface area contributed by atoms with Crippen molar-refractivity contribution in [3.8, 4) is 0 Å². The number of para-hydroxylation sites is 2. The number of hydrogen-bond donors (Lipinski definition) is 2. The lowest BCUT2D eigenvalue weighted by Gasteiger charge is -2.52. The van der Waals surface area contributed by atoms with E-state index in [1.54, 1.807) is 23.1 Å². The highest BCUT2D eigenvalue weighted by atomic mass is 35.5. The van der Waals surface area contributed by atoms with Crippen LogP contribution in [-0.4, -0.2) is 78.5 Å². The van der Waals surface area contributed by atoms with E-state index in [2.05, 4.69) is 10.6 Å². The molecule has 3 fully saturated rings. The van der Waals surface area contributed by atoms with Crippen LogP contribution in [-0.2, 0) is 30.3 Å². The topological polar surface area (TPSA) is 102 Å². The van der Waals surface area contributed by atoms with Gasteiger partial charge in [-0.05, 0) is 62.0 Å². The van der Waals surface area contributed by atoms with Crippen LogP contribution in [0.1, 0.15) is 34.6 Å². The number of carbonyl (C=O) groups excluding carboxylic acids is 4. The van der Waals surface area contributed by atoms with Gasteiger partial charge in [0.1, 0.15) is 11.1 Å². The molecule has 0 unspecified atom stereocenters. The SMILES string of the molecule is CN1CC[C@@H](C(=O)N2C/C(=C\c3ccccc3Cl)C(=O)[C@@]3(C2)[C@H](c2ccccc2Cl)CN(C)[C@]32C(=O)Nc3ccccc32)[C@@]12C(=O)Nc1ccccc12. The predicted molar refractivity (Wildman–Crippen MR) is 205 cm³/mol. The largest absolute Gasteiger partial charge is 0.337 e. The summed E-state index contributed by atoms with van der Waals surface area (Å²) < 4.78 is 0. The van der Waals surface area contributed by atoms with E-state index in [9.17, 15) is 9.59 Å². The monoisotopic (exact) mass is 745 g/mol. The van der Waals surface area contributed by atoms with E-state index in [0.29, 0.717) is 57.6 Å². The van der Waals surface area contributed by atoms with Crippen LogP contribution < -0.4 is 10.6 Å². The highest BCUT2D eigenvalue weighted by Gasteiger charge is 2.75. The standard InChI is InChI=1S/C42H37Cl2N5O4/c1-47-20-19-30(41(47)28-13-5-9-17-34(28)45-38(41)52)37(51)49-22-26(21-25-11-3-7-15-32(25)43)36(50)40(24-49)31(27-12-4-8-16-33(27)44)23-48(2)42(40)29-14-6-10-18-35(29)46-39(42)53/h3-18,21,30-31H,19-20,22-24H2,1-2H3,(H,45,52)(H,46,53)/b26-21+/t30-,31-,40+,41-,42+/m0/s1. The molecule has 4 aromatic carbocycles. The lowest BCUT2D eigenvalue weighted by Crippen LogP contribution is -2.67. The third-order valence-electron chi connectivity index (χ3n) is 12.6. The maximum atomic E-state index is 15.9. The van der Waals surface area contributed by atoms with Gasteiger partial charge in [-0.15, -0.1) is 0 Å². The highest BCUT2D eigenvalue weighted by molar-refractivity contribution is 6.32. The number of anilines is 2. The second-order valence-electron chi connectivity index (χ2n) is 14.9. The van der Waals surface area contributed by atoms with E-state index in [0.717, 1.165) is 11.1 Å². The Balaban J connectivity index is 1.29. The molecule has 9 rings (SSSR count). The molecular weight excluding hydrogens is 709 g/mol. The normalized spacial score (nSPS) is 30.1. The molecule has 11 heteroatoms. The third-order valence-corrected chi connectivity index (χ3v) is 13.3. The van der Waals surface area contributed by atoms with Crippen molar-refractivity contribution in [3.05, 3.63) is 135 Å². The Bertz CT molecular complexity index is 2290. The molecule has 0 aromatic heterocycles. The predicted octanol–water partition coefficient (Wildman–Crippen LogP) is 6.15. The molecule has 5 aliphatic heterocycles. The molecule has 3 amide bonds. The Hall–Kier alpha value is -4.80. The maximum Gasteiger partial charge on any atom is 0.250 e. The van der Waals surface area contributed by atoms with Crippen molar-refractivity contribution < 1.29 is 19.2 Å². The van der Waals surface area contributed by atoms with E-state index >= 15 is 9.59 Å². The molecule has 3 saturated heterocycles. The van der Waals surface area contributed by atoms with Crippen LogP contribution in [0, 0.1) is 11.3 Å². The third kappa shape index (κ3) is 4.39. The Morgan fingerprint density at radius 2 is 1.40 bits per heavy atom. The van der Waals surface area contributed by atoms with Crippen molar-refractivity contribution in [3.63, 3.8) is 0 Å². The molecule has 5 heterocycles. The number of nitrogens with one attached hydrogen (secondary N) is 2. The van der Waals surface area contributed by atoms with Crippen LogP contribution in [0.5, 0.6) is 0 Å². The van der Waals surface area contributed by atoms with Gasteiger partial charge in [0, 0.05) is 70.2 Å². The molecule has 2 N–H and O–H groups in total. The number of nitrogens with zero attached hydrogens (tertiary/aromatic N) is 3. The summed E-state index contributed by atoms with van der Waals surface area (Å²) in [7, 11) is 3.75. The van der Waals surface area contributed by atoms with Gasteiger partial charge in [-0.25, -0.2) is 0 Å². The number of ketones is 1. The fourth-order valence-corrected chi connectivity index (χ4v) is 10.9. The molecule has 0 bridgehead atoms. The van der Waals surface area contributed by atoms with Crippen LogP contribution in [0.15, 0.2) is 103 Å². The van der Waals surface area contributed by atoms with Gasteiger partial charge in [-0.1, -0.05) is 96.0 Å². The van der Waals surface area contributed by atoms with Crippen LogP contribution in [0.3, 0.4) is 0 Å². The van der Waals surface area contributed by atoms with Crippen LogP contribution >= 0.6 is 23.2 Å². The fraction of sp³-hybridized carbons (Fsp3) is 0.286. The van der Waals surface area contributed by atoms with Gasteiger partial charge in [0.25, 0.3) is 5.91 Å². The quantitative estimate of drug-likeness (QED) is 0.244. The van der Waals surface area contributed by atoms with Crippen molar-refractivity contribution in [2.45, 2.75) is 23.4 Å². The summed E-state index contributed by atoms with van der Waals surface area (Å²) in [6, 6.07) is 29.7. The smallest absolute Gasteiger partial charge is 0.250 e. The Labute approximate surface area is 317 Å². The number of piperidine rings is 1. The van der Waals surface area contributed by atoms with Crippen molar-refractivity contribution in [1.29, 1.82) is 0 Å².